The molecule has 1 aromatic carbocycles. The van der Waals surface area contributed by atoms with Gasteiger partial charge in [-0.3, -0.25) is 0 Å². The number of nitrogens with one attached hydrogen (secondary N) is 2. The van der Waals surface area contributed by atoms with Crippen LogP contribution in [0.1, 0.15) is 12.0 Å². The van der Waals surface area contributed by atoms with E-state index >= 15 is 0 Å². The molecule has 3 rings (SSSR count). The number of para-hydroxylation sites is 1. The van der Waals surface area contributed by atoms with E-state index in [1.54, 1.807) is 0 Å². The number of carbonyl (C=O) groups is 1. The molecule has 114 valence electrons. The zero-order valence-corrected chi connectivity index (χ0v) is 12.4. The molecule has 0 bridgehead atoms. The number of amides is 2. The molecule has 2 N–H and O–H groups in total. The number of fused-ring (bicyclic) bond motifs is 1. The van der Waals surface area contributed by atoms with E-state index < -0.39 is 9.84 Å². The summed E-state index contributed by atoms with van der Waals surface area (Å²) in [4.78, 5) is 11.8. The van der Waals surface area contributed by atoms with Crippen LogP contribution in [0.3, 0.4) is 0 Å². The van der Waals surface area contributed by atoms with Crippen molar-refractivity contribution in [3.05, 3.63) is 29.8 Å². The largest absolute Gasteiger partial charge is 0.488 e. The molecule has 0 aromatic heterocycles. The second kappa shape index (κ2) is 5.55. The lowest BCUT2D eigenvalue weighted by atomic mass is 10.1. The number of sulfone groups is 1. The first-order valence-electron chi connectivity index (χ1n) is 7.01. The van der Waals surface area contributed by atoms with Crippen molar-refractivity contribution in [3.8, 4) is 5.75 Å². The van der Waals surface area contributed by atoms with Crippen LogP contribution in [0.5, 0.6) is 5.75 Å². The van der Waals surface area contributed by atoms with Gasteiger partial charge in [0.2, 0.25) is 0 Å². The highest BCUT2D eigenvalue weighted by Crippen LogP contribution is 2.27. The smallest absolute Gasteiger partial charge is 0.315 e. The van der Waals surface area contributed by atoms with Gasteiger partial charge in [0.1, 0.15) is 11.9 Å². The van der Waals surface area contributed by atoms with E-state index in [9.17, 15) is 13.2 Å². The van der Waals surface area contributed by atoms with E-state index in [2.05, 4.69) is 10.6 Å². The van der Waals surface area contributed by atoms with Crippen LogP contribution in [0.2, 0.25) is 0 Å². The highest BCUT2D eigenvalue weighted by atomic mass is 32.2. The molecule has 2 amide bonds. The fraction of sp³-hybridized carbons (Fsp3) is 0.500. The third-order valence-corrected chi connectivity index (χ3v) is 5.54. The average Bonchev–Trinajstić information content (AvgIpc) is 2.99. The van der Waals surface area contributed by atoms with Gasteiger partial charge in [-0.25, -0.2) is 13.2 Å². The van der Waals surface area contributed by atoms with Gasteiger partial charge < -0.3 is 15.4 Å². The summed E-state index contributed by atoms with van der Waals surface area (Å²) in [5.41, 5.74) is 1.14. The van der Waals surface area contributed by atoms with Gasteiger partial charge in [-0.2, -0.15) is 0 Å². The summed E-state index contributed by atoms with van der Waals surface area (Å²) in [6.07, 6.45) is 1.19. The lowest BCUT2D eigenvalue weighted by Crippen LogP contribution is -2.45. The van der Waals surface area contributed by atoms with Gasteiger partial charge in [0.05, 0.1) is 18.1 Å². The first-order valence-corrected chi connectivity index (χ1v) is 8.83. The Labute approximate surface area is 123 Å². The average molecular weight is 310 g/mol. The summed E-state index contributed by atoms with van der Waals surface area (Å²) in [5.74, 6) is 1.05. The molecule has 2 heterocycles. The molecule has 2 aliphatic heterocycles. The standard InChI is InChI=1S/C14H18N2O4S/c17-14(16-11-5-6-21(18,19)9-11)15-8-12-7-10-3-1-2-4-13(10)20-12/h1-4,11-12H,5-9H2,(H2,15,16,17)/t11-,12-/m1/s1. The molecule has 2 aliphatic rings. The molecule has 0 unspecified atom stereocenters. The summed E-state index contributed by atoms with van der Waals surface area (Å²) >= 11 is 0. The minimum atomic E-state index is -2.98. The first kappa shape index (κ1) is 14.2. The Morgan fingerprint density at radius 2 is 2.14 bits per heavy atom. The fourth-order valence-corrected chi connectivity index (χ4v) is 4.39. The Morgan fingerprint density at radius 3 is 2.86 bits per heavy atom. The second-order valence-electron chi connectivity index (χ2n) is 5.51. The van der Waals surface area contributed by atoms with Crippen LogP contribution in [0.15, 0.2) is 24.3 Å². The number of carbonyl (C=O) groups excluding carboxylic acids is 1. The number of urea groups is 1. The van der Waals surface area contributed by atoms with Crippen LogP contribution in [0.4, 0.5) is 4.79 Å². The van der Waals surface area contributed by atoms with E-state index in [1.807, 2.05) is 24.3 Å². The van der Waals surface area contributed by atoms with Gasteiger partial charge in [0, 0.05) is 12.5 Å². The van der Waals surface area contributed by atoms with Crippen molar-refractivity contribution >= 4 is 15.9 Å². The molecule has 0 radical (unpaired) electrons. The Balaban J connectivity index is 1.43. The first-order chi connectivity index (χ1) is 10.0. The van der Waals surface area contributed by atoms with Crippen molar-refractivity contribution in [1.82, 2.24) is 10.6 Å². The molecule has 1 fully saturated rings. The predicted octanol–water partition coefficient (Wildman–Crippen LogP) is 0.476. The monoisotopic (exact) mass is 310 g/mol. The van der Waals surface area contributed by atoms with E-state index in [0.717, 1.165) is 17.7 Å². The Hall–Kier alpha value is -1.76. The molecule has 21 heavy (non-hydrogen) atoms. The molecule has 0 saturated carbocycles. The van der Waals surface area contributed by atoms with Crippen LogP contribution in [0, 0.1) is 0 Å². The van der Waals surface area contributed by atoms with Crippen molar-refractivity contribution in [2.75, 3.05) is 18.1 Å². The van der Waals surface area contributed by atoms with Gasteiger partial charge in [-0.1, -0.05) is 18.2 Å². The predicted molar refractivity (Wildman–Crippen MR) is 78.2 cm³/mol. The highest BCUT2D eigenvalue weighted by Gasteiger charge is 2.29. The molecule has 1 aromatic rings. The normalized spacial score (nSPS) is 25.9. The van der Waals surface area contributed by atoms with Crippen LogP contribution in [-0.4, -0.2) is 44.6 Å². The molecule has 7 heteroatoms. The van der Waals surface area contributed by atoms with Crippen LogP contribution < -0.4 is 15.4 Å². The molecule has 2 atom stereocenters. The minimum absolute atomic E-state index is 0.0335. The summed E-state index contributed by atoms with van der Waals surface area (Å²) in [6.45, 7) is 0.403. The third kappa shape index (κ3) is 3.47. The maximum atomic E-state index is 11.8. The highest BCUT2D eigenvalue weighted by molar-refractivity contribution is 7.91. The van der Waals surface area contributed by atoms with Gasteiger partial charge in [0.25, 0.3) is 0 Å². The molecule has 0 aliphatic carbocycles. The summed E-state index contributed by atoms with van der Waals surface area (Å²) in [5, 5.41) is 5.44. The molecule has 0 spiro atoms. The maximum Gasteiger partial charge on any atom is 0.315 e. The van der Waals surface area contributed by atoms with E-state index in [4.69, 9.17) is 4.74 Å². The lowest BCUT2D eigenvalue weighted by molar-refractivity contribution is 0.212. The van der Waals surface area contributed by atoms with Crippen LogP contribution in [-0.2, 0) is 16.3 Å². The maximum absolute atomic E-state index is 11.8. The van der Waals surface area contributed by atoms with Gasteiger partial charge in [0.15, 0.2) is 9.84 Å². The molecular formula is C14H18N2O4S. The number of benzene rings is 1. The van der Waals surface area contributed by atoms with Crippen molar-refractivity contribution < 1.29 is 17.9 Å². The zero-order chi connectivity index (χ0) is 14.9. The number of hydrogen-bond acceptors (Lipinski definition) is 4. The summed E-state index contributed by atoms with van der Waals surface area (Å²) in [7, 11) is -2.98. The number of hydrogen-bond donors (Lipinski definition) is 2. The van der Waals surface area contributed by atoms with Gasteiger partial charge >= 0.3 is 6.03 Å². The molecule has 6 nitrogen and oxygen atoms in total. The lowest BCUT2D eigenvalue weighted by Gasteiger charge is -2.15. The van der Waals surface area contributed by atoms with Crippen LogP contribution in [0.25, 0.3) is 0 Å². The van der Waals surface area contributed by atoms with E-state index in [0.29, 0.717) is 13.0 Å². The van der Waals surface area contributed by atoms with Crippen molar-refractivity contribution in [3.63, 3.8) is 0 Å². The quantitative estimate of drug-likeness (QED) is 0.850. The van der Waals surface area contributed by atoms with Gasteiger partial charge in [-0.15, -0.1) is 0 Å². The molecule has 1 saturated heterocycles. The second-order valence-corrected chi connectivity index (χ2v) is 7.73. The van der Waals surface area contributed by atoms with E-state index in [1.165, 1.54) is 0 Å². The Kier molecular flexibility index (Phi) is 3.75. The topological polar surface area (TPSA) is 84.5 Å². The van der Waals surface area contributed by atoms with Gasteiger partial charge in [-0.05, 0) is 18.1 Å². The van der Waals surface area contributed by atoms with E-state index in [-0.39, 0.29) is 29.7 Å². The Morgan fingerprint density at radius 1 is 1.33 bits per heavy atom. The summed E-state index contributed by atoms with van der Waals surface area (Å²) in [6, 6.07) is 7.19. The SMILES string of the molecule is O=C(NC[C@H]1Cc2ccccc2O1)N[C@@H]1CCS(=O)(=O)C1. The Bertz CT molecular complexity index is 619. The zero-order valence-electron chi connectivity index (χ0n) is 11.5. The number of ether oxygens (including phenoxy) is 1. The summed E-state index contributed by atoms with van der Waals surface area (Å²) < 4.78 is 28.4. The van der Waals surface area contributed by atoms with Crippen LogP contribution >= 0.6 is 0 Å². The minimum Gasteiger partial charge on any atom is -0.488 e. The van der Waals surface area contributed by atoms with Crippen molar-refractivity contribution in [1.29, 1.82) is 0 Å². The van der Waals surface area contributed by atoms with Crippen molar-refractivity contribution in [2.24, 2.45) is 0 Å². The fourth-order valence-electron chi connectivity index (χ4n) is 2.72. The number of rotatable bonds is 3. The van der Waals surface area contributed by atoms with Crippen molar-refractivity contribution in [2.45, 2.75) is 25.0 Å². The molecular weight excluding hydrogens is 292 g/mol. The third-order valence-electron chi connectivity index (χ3n) is 3.77.